The molecule has 0 spiro atoms. The van der Waals surface area contributed by atoms with E-state index >= 15 is 0 Å². The molecule has 0 bridgehead atoms. The average Bonchev–Trinajstić information content (AvgIpc) is 1.21. The van der Waals surface area contributed by atoms with Gasteiger partial charge in [0.25, 0.3) is 0 Å². The van der Waals surface area contributed by atoms with E-state index in [0.717, 1.165) is 0 Å². The molecule has 0 saturated carbocycles. The molecule has 7 nitrogen and oxygen atoms in total. The van der Waals surface area contributed by atoms with Gasteiger partial charge in [0.15, 0.2) is 0 Å². The molecule has 0 saturated heterocycles. The van der Waals surface area contributed by atoms with Crippen molar-refractivity contribution in [1.29, 1.82) is 0 Å². The van der Waals surface area contributed by atoms with E-state index in [2.05, 4.69) is 4.28 Å². The van der Waals surface area contributed by atoms with Gasteiger partial charge in [-0.3, -0.25) is 4.55 Å². The normalized spacial score (nSPS) is 8.50. The van der Waals surface area contributed by atoms with Crippen molar-refractivity contribution in [2.45, 2.75) is 0 Å². The molecule has 56 valence electrons. The van der Waals surface area contributed by atoms with Crippen LogP contribution in [0.3, 0.4) is 0 Å². The molecular weight excluding hydrogens is 191 g/mol. The van der Waals surface area contributed by atoms with Crippen LogP contribution in [0, 0.1) is 10.1 Å². The van der Waals surface area contributed by atoms with Crippen molar-refractivity contribution in [3.63, 3.8) is 0 Å². The average molecular weight is 196 g/mol. The third-order valence-electron chi connectivity index (χ3n) is 0.155. The number of hydrogen-bond donors (Lipinski definition) is 1. The van der Waals surface area contributed by atoms with Crippen molar-refractivity contribution in [3.05, 3.63) is 10.1 Å². The summed E-state index contributed by atoms with van der Waals surface area (Å²) in [6.45, 7) is 0. The molecule has 0 unspecified atom stereocenters. The van der Waals surface area contributed by atoms with E-state index in [4.69, 9.17) is 14.7 Å². The van der Waals surface area contributed by atoms with Gasteiger partial charge in [0.1, 0.15) is 0 Å². The minimum Gasteiger partial charge on any atom is -0.265 e. The van der Waals surface area contributed by atoms with Crippen molar-refractivity contribution in [3.8, 4) is 0 Å². The Hall–Kier alpha value is 0.642. The summed E-state index contributed by atoms with van der Waals surface area (Å²) >= 11 is 0. The maximum Gasteiger partial charge on any atom is 0.429 e. The standard InChI is InChI=1S/2Mg.HNO6S.4H/c;;2-1(3)7-8(4,5)6;;;;/h;;(H,4,5,6);;;;. The number of nitrogens with zero attached hydrogens (tertiary/aromatic N) is 1. The van der Waals surface area contributed by atoms with E-state index < -0.39 is 15.5 Å². The number of rotatable bonds is 2. The van der Waals surface area contributed by atoms with Gasteiger partial charge in [-0.15, -0.1) is 10.1 Å². The first-order chi connectivity index (χ1) is 3.42. The lowest BCUT2D eigenvalue weighted by atomic mass is 13.1. The Morgan fingerprint density at radius 1 is 1.40 bits per heavy atom. The first-order valence-electron chi connectivity index (χ1n) is 1.23. The highest BCUT2D eigenvalue weighted by molar-refractivity contribution is 7.80. The molecule has 0 aliphatic heterocycles. The molecule has 0 heterocycles. The highest BCUT2D eigenvalue weighted by Crippen LogP contribution is 1.82. The largest absolute Gasteiger partial charge is 0.429 e. The second kappa shape index (κ2) is 6.36. The van der Waals surface area contributed by atoms with E-state index in [1.807, 2.05) is 0 Å². The van der Waals surface area contributed by atoms with Crippen LogP contribution in [0.1, 0.15) is 0 Å². The zero-order valence-corrected chi connectivity index (χ0v) is 4.16. The van der Waals surface area contributed by atoms with Gasteiger partial charge in [0.2, 0.25) is 0 Å². The van der Waals surface area contributed by atoms with Crippen LogP contribution in [-0.4, -0.2) is 64.2 Å². The van der Waals surface area contributed by atoms with Gasteiger partial charge in [0, 0.05) is 0 Å². The summed E-state index contributed by atoms with van der Waals surface area (Å²) in [4.78, 5) is 9.06. The van der Waals surface area contributed by atoms with Crippen molar-refractivity contribution < 1.29 is 22.3 Å². The molecule has 0 rings (SSSR count). The summed E-state index contributed by atoms with van der Waals surface area (Å²) in [5.41, 5.74) is 0. The van der Waals surface area contributed by atoms with Crippen LogP contribution in [0.5, 0.6) is 0 Å². The summed E-state index contributed by atoms with van der Waals surface area (Å²) < 4.78 is 28.9. The third-order valence-corrected chi connectivity index (χ3v) is 0.465. The molecule has 0 atom stereocenters. The van der Waals surface area contributed by atoms with Gasteiger partial charge in [-0.25, -0.2) is 0 Å². The Balaban J connectivity index is -0.000000245. The molecule has 0 aromatic carbocycles. The van der Waals surface area contributed by atoms with Crippen LogP contribution in [0.2, 0.25) is 0 Å². The summed E-state index contributed by atoms with van der Waals surface area (Å²) in [5, 5.41) is 7.43. The molecular formula is H5Mg2NO6S. The first-order valence-corrected chi connectivity index (χ1v) is 2.60. The molecule has 10 heavy (non-hydrogen) atoms. The highest BCUT2D eigenvalue weighted by atomic mass is 32.3. The Labute approximate surface area is 88.5 Å². The van der Waals surface area contributed by atoms with E-state index in [0.29, 0.717) is 0 Å². The molecule has 0 aromatic heterocycles. The van der Waals surface area contributed by atoms with Crippen LogP contribution in [0.25, 0.3) is 0 Å². The molecule has 0 fully saturated rings. The Kier molecular flexibility index (Phi) is 10.8. The van der Waals surface area contributed by atoms with Gasteiger partial charge < -0.3 is 0 Å². The second-order valence-corrected chi connectivity index (χ2v) is 1.73. The van der Waals surface area contributed by atoms with Crippen LogP contribution in [0.15, 0.2) is 0 Å². The van der Waals surface area contributed by atoms with Crippen molar-refractivity contribution in [1.82, 2.24) is 0 Å². The highest BCUT2D eigenvalue weighted by Gasteiger charge is 2.08. The monoisotopic (exact) mass is 195 g/mol. The van der Waals surface area contributed by atoms with Crippen LogP contribution in [0.4, 0.5) is 0 Å². The summed E-state index contributed by atoms with van der Waals surface area (Å²) in [6.07, 6.45) is 0. The van der Waals surface area contributed by atoms with Gasteiger partial charge in [-0.2, -0.15) is 12.7 Å². The Morgan fingerprint density at radius 2 is 1.70 bits per heavy atom. The fourth-order valence-corrected chi connectivity index (χ4v) is 0.231. The van der Waals surface area contributed by atoms with Crippen molar-refractivity contribution >= 4 is 56.5 Å². The minimum absolute atomic E-state index is 0. The van der Waals surface area contributed by atoms with Crippen LogP contribution >= 0.6 is 0 Å². The van der Waals surface area contributed by atoms with E-state index in [1.54, 1.807) is 0 Å². The zero-order chi connectivity index (χ0) is 6.78. The zero-order valence-electron chi connectivity index (χ0n) is 3.34. The third kappa shape index (κ3) is 15.9. The van der Waals surface area contributed by atoms with Gasteiger partial charge in [-0.05, 0) is 0 Å². The molecule has 0 radical (unpaired) electrons. The molecule has 0 aliphatic carbocycles. The predicted octanol–water partition coefficient (Wildman–Crippen LogP) is -2.83. The minimum atomic E-state index is -4.92. The molecule has 0 amide bonds. The smallest absolute Gasteiger partial charge is 0.265 e. The fraction of sp³-hybridized carbons (Fsp3) is 0. The molecule has 0 aliphatic rings. The second-order valence-electron chi connectivity index (χ2n) is 0.726. The van der Waals surface area contributed by atoms with Gasteiger partial charge >= 0.3 is 61.6 Å². The molecule has 1 N–H and O–H groups in total. The van der Waals surface area contributed by atoms with Crippen molar-refractivity contribution in [2.24, 2.45) is 0 Å². The maximum absolute atomic E-state index is 9.33. The lowest BCUT2D eigenvalue weighted by Gasteiger charge is -1.86. The van der Waals surface area contributed by atoms with Gasteiger partial charge in [-0.1, -0.05) is 0 Å². The summed E-state index contributed by atoms with van der Waals surface area (Å²) in [5.74, 6) is 0. The maximum atomic E-state index is 9.33. The SMILES string of the molecule is O=[N+]([O-])OS(=O)(=O)O.[MgH2].[MgH2]. The van der Waals surface area contributed by atoms with Gasteiger partial charge in [0.05, 0.1) is 0 Å². The summed E-state index contributed by atoms with van der Waals surface area (Å²) in [6, 6.07) is 0. The fourth-order valence-electron chi connectivity index (χ4n) is 0.0769. The van der Waals surface area contributed by atoms with E-state index in [1.165, 1.54) is 0 Å². The molecule has 10 heteroatoms. The summed E-state index contributed by atoms with van der Waals surface area (Å²) in [7, 11) is -4.92. The topological polar surface area (TPSA) is 107 Å². The van der Waals surface area contributed by atoms with E-state index in [9.17, 15) is 8.42 Å². The lowest BCUT2D eigenvalue weighted by Crippen LogP contribution is -2.08. The van der Waals surface area contributed by atoms with Crippen molar-refractivity contribution in [2.75, 3.05) is 0 Å². The first kappa shape index (κ1) is 16.9. The predicted molar refractivity (Wildman–Crippen MR) is 36.7 cm³/mol. The Bertz CT molecular complexity index is 182. The van der Waals surface area contributed by atoms with E-state index in [-0.39, 0.29) is 46.1 Å². The quantitative estimate of drug-likeness (QED) is 0.220. The van der Waals surface area contributed by atoms with Crippen LogP contribution in [-0.2, 0) is 14.7 Å². The number of hydrogen-bond acceptors (Lipinski definition) is 5. The molecule has 0 aromatic rings. The van der Waals surface area contributed by atoms with Crippen LogP contribution < -0.4 is 0 Å². The Morgan fingerprint density at radius 3 is 1.70 bits per heavy atom. The lowest BCUT2D eigenvalue weighted by molar-refractivity contribution is -0.713.